The average molecular weight is 409 g/mol. The van der Waals surface area contributed by atoms with Crippen LogP contribution in [0, 0.1) is 0 Å². The number of aromatic nitrogens is 3. The molecule has 0 saturated heterocycles. The van der Waals surface area contributed by atoms with Crippen molar-refractivity contribution in [2.75, 3.05) is 6.54 Å². The molecule has 0 radical (unpaired) electrons. The van der Waals surface area contributed by atoms with Gasteiger partial charge in [0, 0.05) is 17.1 Å². The quantitative estimate of drug-likeness (QED) is 0.529. The molecule has 0 spiro atoms. The maximum Gasteiger partial charge on any atom is 0.267 e. The molecular formula is C21H17ClN4O3. The van der Waals surface area contributed by atoms with Crippen LogP contribution in [0.15, 0.2) is 70.2 Å². The Morgan fingerprint density at radius 2 is 1.86 bits per heavy atom. The van der Waals surface area contributed by atoms with Crippen LogP contribution in [-0.2, 0) is 17.8 Å². The smallest absolute Gasteiger partial charge is 0.267 e. The van der Waals surface area contributed by atoms with Crippen LogP contribution in [0.3, 0.4) is 0 Å². The van der Waals surface area contributed by atoms with E-state index in [1.807, 2.05) is 30.3 Å². The summed E-state index contributed by atoms with van der Waals surface area (Å²) in [6.07, 6.45) is 2.00. The van der Waals surface area contributed by atoms with Crippen molar-refractivity contribution in [3.8, 4) is 11.3 Å². The minimum atomic E-state index is -0.389. The molecule has 0 aliphatic heterocycles. The number of carbonyl (C=O) groups is 1. The molecular weight excluding hydrogens is 392 g/mol. The van der Waals surface area contributed by atoms with Gasteiger partial charge in [0.1, 0.15) is 24.0 Å². The van der Waals surface area contributed by atoms with Crippen molar-refractivity contribution in [1.82, 2.24) is 20.0 Å². The molecule has 0 unspecified atom stereocenters. The first-order chi connectivity index (χ1) is 14.1. The highest BCUT2D eigenvalue weighted by molar-refractivity contribution is 6.30. The molecule has 8 heteroatoms. The summed E-state index contributed by atoms with van der Waals surface area (Å²) in [6, 6.07) is 16.7. The molecule has 4 aromatic rings. The van der Waals surface area contributed by atoms with Crippen molar-refractivity contribution in [3.05, 3.63) is 81.9 Å². The van der Waals surface area contributed by atoms with Crippen LogP contribution in [0.25, 0.3) is 22.4 Å². The molecule has 7 nitrogen and oxygen atoms in total. The molecule has 146 valence electrons. The van der Waals surface area contributed by atoms with Gasteiger partial charge in [-0.25, -0.2) is 4.98 Å². The van der Waals surface area contributed by atoms with E-state index in [0.29, 0.717) is 29.2 Å². The van der Waals surface area contributed by atoms with Crippen molar-refractivity contribution >= 4 is 28.6 Å². The van der Waals surface area contributed by atoms with Crippen molar-refractivity contribution in [2.24, 2.45) is 0 Å². The number of nitrogens with zero attached hydrogens (tertiary/aromatic N) is 3. The van der Waals surface area contributed by atoms with Gasteiger partial charge < -0.3 is 9.84 Å². The van der Waals surface area contributed by atoms with Crippen LogP contribution >= 0.6 is 11.6 Å². The molecule has 2 heterocycles. The predicted molar refractivity (Wildman–Crippen MR) is 110 cm³/mol. The van der Waals surface area contributed by atoms with Gasteiger partial charge in [-0.1, -0.05) is 59.2 Å². The minimum absolute atomic E-state index is 0.126. The van der Waals surface area contributed by atoms with Gasteiger partial charge in [-0.2, -0.15) is 0 Å². The lowest BCUT2D eigenvalue weighted by Gasteiger charge is -2.07. The van der Waals surface area contributed by atoms with Crippen LogP contribution in [0.5, 0.6) is 0 Å². The molecule has 1 amide bonds. The van der Waals surface area contributed by atoms with Crippen LogP contribution in [-0.4, -0.2) is 27.2 Å². The van der Waals surface area contributed by atoms with Gasteiger partial charge in [-0.15, -0.1) is 0 Å². The number of halogens is 1. The highest BCUT2D eigenvalue weighted by Crippen LogP contribution is 2.25. The summed E-state index contributed by atoms with van der Waals surface area (Å²) in [5.41, 5.74) is 1.91. The Kier molecular flexibility index (Phi) is 5.39. The summed E-state index contributed by atoms with van der Waals surface area (Å²) in [7, 11) is 0. The van der Waals surface area contributed by atoms with Gasteiger partial charge in [-0.05, 0) is 24.1 Å². The zero-order chi connectivity index (χ0) is 20.2. The normalized spacial score (nSPS) is 10.9. The zero-order valence-corrected chi connectivity index (χ0v) is 16.1. The molecule has 0 atom stereocenters. The highest BCUT2D eigenvalue weighted by Gasteiger charge is 2.17. The lowest BCUT2D eigenvalue weighted by molar-refractivity contribution is -0.121. The van der Waals surface area contributed by atoms with Crippen molar-refractivity contribution in [3.63, 3.8) is 0 Å². The number of hydrogen-bond donors (Lipinski definition) is 1. The molecule has 2 aromatic heterocycles. The molecule has 0 aliphatic carbocycles. The van der Waals surface area contributed by atoms with Gasteiger partial charge in [0.25, 0.3) is 11.3 Å². The number of rotatable bonds is 6. The first-order valence-electron chi connectivity index (χ1n) is 9.03. The standard InChI is InChI=1S/C21H17ClN4O3/c22-16-8-6-15(7-9-16)19-18-20(29-25-19)24-13-26(21(18)28)12-17(27)23-11-10-14-4-2-1-3-5-14/h1-9,13H,10-12H2,(H,23,27). The van der Waals surface area contributed by atoms with E-state index in [-0.39, 0.29) is 29.1 Å². The average Bonchev–Trinajstić information content (AvgIpc) is 3.16. The Balaban J connectivity index is 1.51. The number of hydrogen-bond acceptors (Lipinski definition) is 5. The molecule has 0 fully saturated rings. The number of fused-ring (bicyclic) bond motifs is 1. The van der Waals surface area contributed by atoms with E-state index in [4.69, 9.17) is 16.1 Å². The van der Waals surface area contributed by atoms with Crippen molar-refractivity contribution in [2.45, 2.75) is 13.0 Å². The summed E-state index contributed by atoms with van der Waals surface area (Å²) in [5, 5.41) is 7.59. The Hall–Kier alpha value is -3.45. The lowest BCUT2D eigenvalue weighted by Crippen LogP contribution is -2.33. The van der Waals surface area contributed by atoms with E-state index in [0.717, 1.165) is 5.56 Å². The Morgan fingerprint density at radius 3 is 2.62 bits per heavy atom. The van der Waals surface area contributed by atoms with E-state index in [1.165, 1.54) is 10.9 Å². The largest absolute Gasteiger partial charge is 0.354 e. The number of carbonyl (C=O) groups excluding carboxylic acids is 1. The van der Waals surface area contributed by atoms with E-state index >= 15 is 0 Å². The van der Waals surface area contributed by atoms with Gasteiger partial charge in [0.05, 0.1) is 0 Å². The number of benzene rings is 2. The molecule has 2 aromatic carbocycles. The fourth-order valence-corrected chi connectivity index (χ4v) is 3.13. The van der Waals surface area contributed by atoms with E-state index in [2.05, 4.69) is 15.5 Å². The third kappa shape index (κ3) is 4.20. The van der Waals surface area contributed by atoms with Crippen molar-refractivity contribution < 1.29 is 9.32 Å². The molecule has 1 N–H and O–H groups in total. The number of amides is 1. The van der Waals surface area contributed by atoms with Gasteiger partial charge in [-0.3, -0.25) is 14.2 Å². The second kappa shape index (κ2) is 8.28. The Labute approximate surface area is 170 Å². The summed E-state index contributed by atoms with van der Waals surface area (Å²) >= 11 is 5.92. The summed E-state index contributed by atoms with van der Waals surface area (Å²) in [6.45, 7) is 0.346. The molecule has 0 bridgehead atoms. The number of nitrogens with one attached hydrogen (secondary N) is 1. The monoisotopic (exact) mass is 408 g/mol. The lowest BCUT2D eigenvalue weighted by atomic mass is 10.1. The minimum Gasteiger partial charge on any atom is -0.354 e. The fourth-order valence-electron chi connectivity index (χ4n) is 3.00. The summed E-state index contributed by atoms with van der Waals surface area (Å²) < 4.78 is 6.43. The molecule has 0 saturated carbocycles. The molecule has 4 rings (SSSR count). The fraction of sp³-hybridized carbons (Fsp3) is 0.143. The first kappa shape index (κ1) is 18.9. The molecule has 29 heavy (non-hydrogen) atoms. The van der Waals surface area contributed by atoms with E-state index < -0.39 is 0 Å². The van der Waals surface area contributed by atoms with Crippen molar-refractivity contribution in [1.29, 1.82) is 0 Å². The third-order valence-electron chi connectivity index (χ3n) is 4.47. The second-order valence-corrected chi connectivity index (χ2v) is 6.92. The maximum absolute atomic E-state index is 12.9. The molecule has 0 aliphatic rings. The topological polar surface area (TPSA) is 90.0 Å². The third-order valence-corrected chi connectivity index (χ3v) is 4.73. The Bertz CT molecular complexity index is 1200. The maximum atomic E-state index is 12.9. The van der Waals surface area contributed by atoms with Crippen LogP contribution in [0.4, 0.5) is 0 Å². The zero-order valence-electron chi connectivity index (χ0n) is 15.3. The van der Waals surface area contributed by atoms with Gasteiger partial charge in [0.2, 0.25) is 5.91 Å². The van der Waals surface area contributed by atoms with Crippen LogP contribution in [0.1, 0.15) is 5.56 Å². The first-order valence-corrected chi connectivity index (χ1v) is 9.41. The van der Waals surface area contributed by atoms with E-state index in [9.17, 15) is 9.59 Å². The van der Waals surface area contributed by atoms with Crippen LogP contribution in [0.2, 0.25) is 5.02 Å². The highest BCUT2D eigenvalue weighted by atomic mass is 35.5. The summed E-state index contributed by atoms with van der Waals surface area (Å²) in [5.74, 6) is -0.270. The predicted octanol–water partition coefficient (Wildman–Crippen LogP) is 3.06. The Morgan fingerprint density at radius 1 is 1.10 bits per heavy atom. The second-order valence-electron chi connectivity index (χ2n) is 6.48. The van der Waals surface area contributed by atoms with Gasteiger partial charge in [0.15, 0.2) is 0 Å². The van der Waals surface area contributed by atoms with Crippen LogP contribution < -0.4 is 10.9 Å². The SMILES string of the molecule is O=C(Cn1cnc2onc(-c3ccc(Cl)cc3)c2c1=O)NCCc1ccccc1. The van der Waals surface area contributed by atoms with E-state index in [1.54, 1.807) is 24.3 Å². The van der Waals surface area contributed by atoms with Gasteiger partial charge >= 0.3 is 0 Å². The summed E-state index contributed by atoms with van der Waals surface area (Å²) in [4.78, 5) is 29.3.